The fourth-order valence-corrected chi connectivity index (χ4v) is 3.51. The summed E-state index contributed by atoms with van der Waals surface area (Å²) in [6.07, 6.45) is 0. The van der Waals surface area contributed by atoms with E-state index in [-0.39, 0.29) is 5.38 Å². The van der Waals surface area contributed by atoms with E-state index in [1.807, 2.05) is 18.2 Å². The van der Waals surface area contributed by atoms with Crippen molar-refractivity contribution in [2.24, 2.45) is 0 Å². The monoisotopic (exact) mass is 306 g/mol. The fraction of sp³-hybridized carbons (Fsp3) is 0.333. The number of benzene rings is 2. The van der Waals surface area contributed by atoms with Gasteiger partial charge < -0.3 is 0 Å². The number of alkyl halides is 1. The topological polar surface area (TPSA) is 0 Å². The molecule has 106 valence electrons. The predicted octanol–water partition coefficient (Wildman–Crippen LogP) is 6.21. The van der Waals surface area contributed by atoms with Crippen LogP contribution in [0.4, 0.5) is 0 Å². The average Bonchev–Trinajstić information content (AvgIpc) is 2.36. The molecule has 0 aromatic heterocycles. The number of hydrogen-bond acceptors (Lipinski definition) is 0. The lowest BCUT2D eigenvalue weighted by atomic mass is 9.89. The van der Waals surface area contributed by atoms with Gasteiger partial charge in [-0.3, -0.25) is 0 Å². The Labute approximate surface area is 131 Å². The Morgan fingerprint density at radius 3 is 1.85 bits per heavy atom. The van der Waals surface area contributed by atoms with Crippen LogP contribution in [0.1, 0.15) is 44.3 Å². The first kappa shape index (κ1) is 15.4. The van der Waals surface area contributed by atoms with Crippen LogP contribution in [-0.4, -0.2) is 0 Å². The quantitative estimate of drug-likeness (QED) is 0.579. The molecular weight excluding hydrogens is 287 g/mol. The van der Waals surface area contributed by atoms with Gasteiger partial charge in [-0.05, 0) is 85.7 Å². The van der Waals surface area contributed by atoms with Gasteiger partial charge in [-0.2, -0.15) is 0 Å². The van der Waals surface area contributed by atoms with E-state index >= 15 is 0 Å². The number of rotatable bonds is 2. The zero-order valence-electron chi connectivity index (χ0n) is 12.6. The first-order valence-corrected chi connectivity index (χ1v) is 7.61. The van der Waals surface area contributed by atoms with E-state index in [9.17, 15) is 0 Å². The average molecular weight is 307 g/mol. The van der Waals surface area contributed by atoms with Crippen molar-refractivity contribution < 1.29 is 0 Å². The summed E-state index contributed by atoms with van der Waals surface area (Å²) in [5, 5.41) is 0.620. The van der Waals surface area contributed by atoms with Crippen LogP contribution in [0.25, 0.3) is 0 Å². The molecule has 0 saturated carbocycles. The van der Waals surface area contributed by atoms with Crippen molar-refractivity contribution >= 4 is 23.2 Å². The molecule has 0 bridgehead atoms. The van der Waals surface area contributed by atoms with Gasteiger partial charge in [0, 0.05) is 5.02 Å². The van der Waals surface area contributed by atoms with Crippen LogP contribution in [0.3, 0.4) is 0 Å². The molecule has 2 heteroatoms. The molecule has 20 heavy (non-hydrogen) atoms. The molecular formula is C18H20Cl2. The molecule has 2 rings (SSSR count). The highest BCUT2D eigenvalue weighted by molar-refractivity contribution is 6.30. The van der Waals surface area contributed by atoms with Gasteiger partial charge in [0.25, 0.3) is 0 Å². The molecule has 0 saturated heterocycles. The van der Waals surface area contributed by atoms with E-state index in [4.69, 9.17) is 23.2 Å². The molecule has 1 unspecified atom stereocenters. The summed E-state index contributed by atoms with van der Waals surface area (Å²) in [6, 6.07) is 8.14. The minimum absolute atomic E-state index is 0.133. The zero-order valence-corrected chi connectivity index (χ0v) is 14.2. The second kappa shape index (κ2) is 5.79. The van der Waals surface area contributed by atoms with Crippen LogP contribution in [0, 0.1) is 34.6 Å². The molecule has 0 aliphatic carbocycles. The summed E-state index contributed by atoms with van der Waals surface area (Å²) in [5.41, 5.74) is 8.64. The van der Waals surface area contributed by atoms with Crippen molar-refractivity contribution in [1.29, 1.82) is 0 Å². The third kappa shape index (κ3) is 2.73. The minimum Gasteiger partial charge on any atom is -0.113 e. The van der Waals surface area contributed by atoms with Gasteiger partial charge in [0.2, 0.25) is 0 Å². The summed E-state index contributed by atoms with van der Waals surface area (Å²) in [7, 11) is 0. The van der Waals surface area contributed by atoms with E-state index < -0.39 is 0 Å². The Hall–Kier alpha value is -0.980. The smallest absolute Gasteiger partial charge is 0.0843 e. The van der Waals surface area contributed by atoms with Gasteiger partial charge in [-0.15, -0.1) is 11.6 Å². The zero-order chi connectivity index (χ0) is 15.0. The number of aryl methyl sites for hydroxylation is 3. The highest BCUT2D eigenvalue weighted by Crippen LogP contribution is 2.37. The molecule has 0 aliphatic rings. The molecule has 0 amide bonds. The Kier molecular flexibility index (Phi) is 4.46. The van der Waals surface area contributed by atoms with Gasteiger partial charge in [-0.25, -0.2) is 0 Å². The Morgan fingerprint density at radius 2 is 1.35 bits per heavy atom. The lowest BCUT2D eigenvalue weighted by Crippen LogP contribution is -2.04. The third-order valence-corrected chi connectivity index (χ3v) is 4.87. The minimum atomic E-state index is -0.133. The molecule has 1 atom stereocenters. The first-order valence-electron chi connectivity index (χ1n) is 6.80. The molecule has 0 heterocycles. The summed E-state index contributed by atoms with van der Waals surface area (Å²) >= 11 is 12.8. The molecule has 0 N–H and O–H groups in total. The maximum atomic E-state index is 6.80. The lowest BCUT2D eigenvalue weighted by molar-refractivity contribution is 1.04. The van der Waals surface area contributed by atoms with Gasteiger partial charge in [-0.1, -0.05) is 23.7 Å². The Morgan fingerprint density at radius 1 is 0.800 bits per heavy atom. The standard InChI is InChI=1S/C18H20Cl2/c1-10-8-11(2)14(5)17(13(10)4)18(20)16-7-6-15(19)9-12(16)3/h6-9,18H,1-5H3. The van der Waals surface area contributed by atoms with Crippen molar-refractivity contribution in [3.05, 3.63) is 68.2 Å². The second-order valence-electron chi connectivity index (χ2n) is 5.54. The van der Waals surface area contributed by atoms with E-state index in [1.54, 1.807) is 0 Å². The lowest BCUT2D eigenvalue weighted by Gasteiger charge is -2.21. The van der Waals surface area contributed by atoms with Crippen LogP contribution < -0.4 is 0 Å². The molecule has 0 nitrogen and oxygen atoms in total. The maximum absolute atomic E-state index is 6.80. The van der Waals surface area contributed by atoms with Crippen molar-refractivity contribution in [3.63, 3.8) is 0 Å². The van der Waals surface area contributed by atoms with E-state index in [0.29, 0.717) is 0 Å². The van der Waals surface area contributed by atoms with Crippen molar-refractivity contribution in [2.45, 2.75) is 40.0 Å². The Balaban J connectivity index is 2.62. The SMILES string of the molecule is Cc1cc(Cl)ccc1C(Cl)c1c(C)c(C)cc(C)c1C. The molecule has 0 fully saturated rings. The van der Waals surface area contributed by atoms with Crippen LogP contribution in [0.5, 0.6) is 0 Å². The molecule has 2 aromatic rings. The van der Waals surface area contributed by atoms with Crippen LogP contribution >= 0.6 is 23.2 Å². The molecule has 0 radical (unpaired) electrons. The van der Waals surface area contributed by atoms with Gasteiger partial charge in [0.05, 0.1) is 5.38 Å². The third-order valence-electron chi connectivity index (χ3n) is 4.18. The summed E-state index contributed by atoms with van der Waals surface area (Å²) in [4.78, 5) is 0. The van der Waals surface area contributed by atoms with E-state index in [2.05, 4.69) is 40.7 Å². The largest absolute Gasteiger partial charge is 0.113 e. The first-order chi connectivity index (χ1) is 9.32. The summed E-state index contributed by atoms with van der Waals surface area (Å²) in [6.45, 7) is 10.6. The molecule has 0 spiro atoms. The normalized spacial score (nSPS) is 12.6. The highest BCUT2D eigenvalue weighted by atomic mass is 35.5. The van der Waals surface area contributed by atoms with Gasteiger partial charge >= 0.3 is 0 Å². The molecule has 2 aromatic carbocycles. The fourth-order valence-electron chi connectivity index (χ4n) is 2.71. The highest BCUT2D eigenvalue weighted by Gasteiger charge is 2.19. The van der Waals surface area contributed by atoms with Crippen molar-refractivity contribution in [3.8, 4) is 0 Å². The molecule has 0 aliphatic heterocycles. The summed E-state index contributed by atoms with van der Waals surface area (Å²) < 4.78 is 0. The van der Waals surface area contributed by atoms with Gasteiger partial charge in [0.1, 0.15) is 0 Å². The van der Waals surface area contributed by atoms with Crippen molar-refractivity contribution in [2.75, 3.05) is 0 Å². The summed E-state index contributed by atoms with van der Waals surface area (Å²) in [5.74, 6) is 0. The van der Waals surface area contributed by atoms with E-state index in [1.165, 1.54) is 27.8 Å². The van der Waals surface area contributed by atoms with E-state index in [0.717, 1.165) is 16.1 Å². The van der Waals surface area contributed by atoms with Crippen LogP contribution in [0.15, 0.2) is 24.3 Å². The second-order valence-corrected chi connectivity index (χ2v) is 6.41. The maximum Gasteiger partial charge on any atom is 0.0843 e. The van der Waals surface area contributed by atoms with Crippen LogP contribution in [0.2, 0.25) is 5.02 Å². The number of hydrogen-bond donors (Lipinski definition) is 0. The number of halogens is 2. The Bertz CT molecular complexity index is 631. The van der Waals surface area contributed by atoms with Gasteiger partial charge in [0.15, 0.2) is 0 Å². The van der Waals surface area contributed by atoms with Crippen LogP contribution in [-0.2, 0) is 0 Å². The van der Waals surface area contributed by atoms with Crippen molar-refractivity contribution in [1.82, 2.24) is 0 Å². The predicted molar refractivity (Wildman–Crippen MR) is 89.3 cm³/mol.